The van der Waals surface area contributed by atoms with Crippen molar-refractivity contribution < 1.29 is 0 Å². The molecule has 0 unspecified atom stereocenters. The van der Waals surface area contributed by atoms with Gasteiger partial charge < -0.3 is 0 Å². The average Bonchev–Trinajstić information content (AvgIpc) is 2.79. The monoisotopic (exact) mass is 392 g/mol. The molecule has 3 heteroatoms. The molecule has 5 aromatic rings. The van der Waals surface area contributed by atoms with Crippen molar-refractivity contribution in [2.45, 2.75) is 0 Å². The molecule has 0 atom stereocenters. The first-order chi connectivity index (χ1) is 14.3. The van der Waals surface area contributed by atoms with E-state index < -0.39 is 0 Å². The van der Waals surface area contributed by atoms with Crippen molar-refractivity contribution in [2.24, 2.45) is 0 Å². The second-order valence-electron chi connectivity index (χ2n) is 6.83. The van der Waals surface area contributed by atoms with E-state index in [0.717, 1.165) is 44.7 Å². The Kier molecular flexibility index (Phi) is 4.55. The number of benzene rings is 4. The van der Waals surface area contributed by atoms with E-state index in [4.69, 9.17) is 21.6 Å². The van der Waals surface area contributed by atoms with E-state index in [1.807, 2.05) is 78.9 Å². The first kappa shape index (κ1) is 17.6. The fourth-order valence-corrected chi connectivity index (χ4v) is 3.74. The molecule has 0 amide bonds. The van der Waals surface area contributed by atoms with Gasteiger partial charge in [0, 0.05) is 16.1 Å². The predicted molar refractivity (Wildman–Crippen MR) is 121 cm³/mol. The molecule has 0 aliphatic heterocycles. The smallest absolute Gasteiger partial charge is 0.0979 e. The van der Waals surface area contributed by atoms with E-state index in [9.17, 15) is 0 Å². The zero-order valence-electron chi connectivity index (χ0n) is 15.6. The normalized spacial score (nSPS) is 10.9. The summed E-state index contributed by atoms with van der Waals surface area (Å²) >= 11 is 6.37. The average molecular weight is 393 g/mol. The lowest BCUT2D eigenvalue weighted by Gasteiger charge is -2.15. The minimum absolute atomic E-state index is 0.697. The number of hydrogen-bond acceptors (Lipinski definition) is 2. The summed E-state index contributed by atoms with van der Waals surface area (Å²) in [6, 6.07) is 34.4. The first-order valence-electron chi connectivity index (χ1n) is 9.47. The van der Waals surface area contributed by atoms with Crippen LogP contribution in [0.4, 0.5) is 0 Å². The molecule has 0 aliphatic carbocycles. The highest BCUT2D eigenvalue weighted by Crippen LogP contribution is 2.38. The molecule has 29 heavy (non-hydrogen) atoms. The second kappa shape index (κ2) is 7.50. The minimum Gasteiger partial charge on any atom is -0.244 e. The summed E-state index contributed by atoms with van der Waals surface area (Å²) in [4.78, 5) is 10.0. The Bertz CT molecular complexity index is 1300. The molecule has 0 N–H and O–H groups in total. The summed E-state index contributed by atoms with van der Waals surface area (Å²) in [5, 5.41) is 0.697. The van der Waals surface area contributed by atoms with E-state index >= 15 is 0 Å². The van der Waals surface area contributed by atoms with Gasteiger partial charge in [0.05, 0.1) is 22.4 Å². The Morgan fingerprint density at radius 2 is 1.03 bits per heavy atom. The zero-order valence-corrected chi connectivity index (χ0v) is 16.3. The van der Waals surface area contributed by atoms with E-state index in [2.05, 4.69) is 24.3 Å². The van der Waals surface area contributed by atoms with Crippen LogP contribution in [0.25, 0.3) is 44.7 Å². The minimum atomic E-state index is 0.697. The number of rotatable bonds is 3. The maximum Gasteiger partial charge on any atom is 0.0979 e. The third-order valence-electron chi connectivity index (χ3n) is 4.94. The lowest BCUT2D eigenvalue weighted by molar-refractivity contribution is 1.29. The van der Waals surface area contributed by atoms with Gasteiger partial charge in [-0.25, -0.2) is 9.97 Å². The van der Waals surface area contributed by atoms with Crippen molar-refractivity contribution in [3.63, 3.8) is 0 Å². The topological polar surface area (TPSA) is 25.8 Å². The molecular weight excluding hydrogens is 376 g/mol. The van der Waals surface area contributed by atoms with Crippen LogP contribution in [-0.2, 0) is 0 Å². The Morgan fingerprint density at radius 3 is 1.69 bits per heavy atom. The van der Waals surface area contributed by atoms with Crippen LogP contribution in [0.3, 0.4) is 0 Å². The number of aromatic nitrogens is 2. The van der Waals surface area contributed by atoms with Crippen LogP contribution >= 0.6 is 11.6 Å². The number of halogens is 1. The number of fused-ring (bicyclic) bond motifs is 1. The van der Waals surface area contributed by atoms with Gasteiger partial charge in [-0.2, -0.15) is 0 Å². The predicted octanol–water partition coefficient (Wildman–Crippen LogP) is 7.28. The molecule has 0 bridgehead atoms. The Labute approximate surface area is 174 Å². The summed E-state index contributed by atoms with van der Waals surface area (Å²) in [7, 11) is 0. The van der Waals surface area contributed by atoms with Gasteiger partial charge in [0.25, 0.3) is 0 Å². The van der Waals surface area contributed by atoms with Crippen molar-refractivity contribution in [2.75, 3.05) is 0 Å². The third kappa shape index (κ3) is 3.39. The molecule has 1 aromatic heterocycles. The van der Waals surface area contributed by atoms with Crippen molar-refractivity contribution in [3.8, 4) is 33.6 Å². The van der Waals surface area contributed by atoms with Crippen LogP contribution in [-0.4, -0.2) is 9.97 Å². The number of hydrogen-bond donors (Lipinski definition) is 0. The van der Waals surface area contributed by atoms with Crippen molar-refractivity contribution in [3.05, 3.63) is 108 Å². The number of para-hydroxylation sites is 2. The molecule has 0 aliphatic rings. The van der Waals surface area contributed by atoms with Gasteiger partial charge in [0.2, 0.25) is 0 Å². The highest BCUT2D eigenvalue weighted by Gasteiger charge is 2.17. The van der Waals surface area contributed by atoms with E-state index in [-0.39, 0.29) is 0 Å². The SMILES string of the molecule is Clc1ccc(-c2nc3ccccc3nc2-c2ccccc2)c(-c2ccccc2)c1. The van der Waals surface area contributed by atoms with Crippen LogP contribution in [0.5, 0.6) is 0 Å². The molecule has 0 fully saturated rings. The standard InChI is InChI=1S/C26H17ClN2/c27-20-15-16-21(22(17-20)18-9-3-1-4-10-18)26-25(19-11-5-2-6-12-19)28-23-13-7-8-14-24(23)29-26/h1-17H. The summed E-state index contributed by atoms with van der Waals surface area (Å²) < 4.78 is 0. The maximum absolute atomic E-state index is 6.37. The summed E-state index contributed by atoms with van der Waals surface area (Å²) in [5.41, 5.74) is 7.65. The van der Waals surface area contributed by atoms with Crippen LogP contribution in [0.15, 0.2) is 103 Å². The fraction of sp³-hybridized carbons (Fsp3) is 0. The Hall–Kier alpha value is -3.49. The highest BCUT2D eigenvalue weighted by atomic mass is 35.5. The van der Waals surface area contributed by atoms with Gasteiger partial charge in [-0.05, 0) is 35.4 Å². The third-order valence-corrected chi connectivity index (χ3v) is 5.17. The van der Waals surface area contributed by atoms with Crippen LogP contribution < -0.4 is 0 Å². The molecule has 0 saturated carbocycles. The van der Waals surface area contributed by atoms with Gasteiger partial charge in [0.15, 0.2) is 0 Å². The summed E-state index contributed by atoms with van der Waals surface area (Å²) in [5.74, 6) is 0. The van der Waals surface area contributed by atoms with Crippen molar-refractivity contribution in [1.82, 2.24) is 9.97 Å². The van der Waals surface area contributed by atoms with Crippen molar-refractivity contribution in [1.29, 1.82) is 0 Å². The molecular formula is C26H17ClN2. The number of nitrogens with zero attached hydrogens (tertiary/aromatic N) is 2. The van der Waals surface area contributed by atoms with Gasteiger partial charge >= 0.3 is 0 Å². The summed E-state index contributed by atoms with van der Waals surface area (Å²) in [6.07, 6.45) is 0. The Morgan fingerprint density at radius 1 is 0.483 bits per heavy atom. The van der Waals surface area contributed by atoms with Crippen LogP contribution in [0, 0.1) is 0 Å². The molecule has 1 heterocycles. The first-order valence-corrected chi connectivity index (χ1v) is 9.85. The molecule has 0 saturated heterocycles. The highest BCUT2D eigenvalue weighted by molar-refractivity contribution is 6.31. The van der Waals surface area contributed by atoms with Gasteiger partial charge in [0.1, 0.15) is 0 Å². The van der Waals surface area contributed by atoms with Crippen LogP contribution in [0.2, 0.25) is 5.02 Å². The fourth-order valence-electron chi connectivity index (χ4n) is 3.56. The van der Waals surface area contributed by atoms with Gasteiger partial charge in [-0.1, -0.05) is 90.5 Å². The van der Waals surface area contributed by atoms with Gasteiger partial charge in [-0.3, -0.25) is 0 Å². The summed E-state index contributed by atoms with van der Waals surface area (Å²) in [6.45, 7) is 0. The quantitative estimate of drug-likeness (QED) is 0.322. The van der Waals surface area contributed by atoms with E-state index in [0.29, 0.717) is 5.02 Å². The van der Waals surface area contributed by atoms with Crippen molar-refractivity contribution >= 4 is 22.6 Å². The maximum atomic E-state index is 6.37. The molecule has 2 nitrogen and oxygen atoms in total. The van der Waals surface area contributed by atoms with E-state index in [1.165, 1.54) is 0 Å². The van der Waals surface area contributed by atoms with E-state index in [1.54, 1.807) is 0 Å². The lowest BCUT2D eigenvalue weighted by Crippen LogP contribution is -1.97. The molecule has 0 spiro atoms. The van der Waals surface area contributed by atoms with Crippen LogP contribution in [0.1, 0.15) is 0 Å². The zero-order chi connectivity index (χ0) is 19.6. The molecule has 4 aromatic carbocycles. The molecule has 5 rings (SSSR count). The Balaban J connectivity index is 1.84. The molecule has 138 valence electrons. The van der Waals surface area contributed by atoms with Gasteiger partial charge in [-0.15, -0.1) is 0 Å². The second-order valence-corrected chi connectivity index (χ2v) is 7.27. The largest absolute Gasteiger partial charge is 0.244 e. The lowest BCUT2D eigenvalue weighted by atomic mass is 9.95. The molecule has 0 radical (unpaired) electrons.